The first-order chi connectivity index (χ1) is 11.1. The van der Waals surface area contributed by atoms with E-state index in [1.807, 2.05) is 49.4 Å². The van der Waals surface area contributed by atoms with Crippen molar-refractivity contribution in [3.05, 3.63) is 64.7 Å². The second kappa shape index (κ2) is 6.76. The minimum atomic E-state index is -0.0722. The highest BCUT2D eigenvalue weighted by Crippen LogP contribution is 2.26. The number of thiophene rings is 1. The van der Waals surface area contributed by atoms with Gasteiger partial charge in [0.25, 0.3) is 5.91 Å². The Labute approximate surface area is 138 Å². The molecule has 3 rings (SSSR count). The number of nitrogens with one attached hydrogen (secondary N) is 2. The van der Waals surface area contributed by atoms with Gasteiger partial charge in [0.05, 0.1) is 15.4 Å². The van der Waals surface area contributed by atoms with Crippen molar-refractivity contribution in [1.82, 2.24) is 15.5 Å². The van der Waals surface area contributed by atoms with Crippen molar-refractivity contribution in [2.24, 2.45) is 5.73 Å². The molecular weight excluding hydrogens is 308 g/mol. The van der Waals surface area contributed by atoms with Crippen LogP contribution in [0, 0.1) is 0 Å². The molecule has 1 atom stereocenters. The summed E-state index contributed by atoms with van der Waals surface area (Å²) >= 11 is 1.44. The number of rotatable bonds is 5. The first kappa shape index (κ1) is 15.5. The Morgan fingerprint density at radius 3 is 2.70 bits per heavy atom. The molecule has 0 aliphatic heterocycles. The van der Waals surface area contributed by atoms with Crippen molar-refractivity contribution >= 4 is 17.2 Å². The van der Waals surface area contributed by atoms with Crippen LogP contribution in [0.15, 0.2) is 48.7 Å². The first-order valence-corrected chi connectivity index (χ1v) is 8.17. The molecule has 0 spiro atoms. The number of hydrogen-bond acceptors (Lipinski definition) is 4. The van der Waals surface area contributed by atoms with E-state index in [2.05, 4.69) is 15.5 Å². The van der Waals surface area contributed by atoms with Crippen LogP contribution in [0.4, 0.5) is 0 Å². The minimum absolute atomic E-state index is 0.0191. The lowest BCUT2D eigenvalue weighted by Crippen LogP contribution is -2.21. The molecule has 0 bridgehead atoms. The van der Waals surface area contributed by atoms with E-state index in [1.165, 1.54) is 11.3 Å². The molecule has 2 aromatic heterocycles. The van der Waals surface area contributed by atoms with E-state index in [0.29, 0.717) is 11.4 Å². The highest BCUT2D eigenvalue weighted by Gasteiger charge is 2.10. The van der Waals surface area contributed by atoms with Gasteiger partial charge in [-0.1, -0.05) is 24.3 Å². The van der Waals surface area contributed by atoms with Crippen molar-refractivity contribution in [3.63, 3.8) is 0 Å². The lowest BCUT2D eigenvalue weighted by atomic mass is 10.1. The monoisotopic (exact) mass is 326 g/mol. The Morgan fingerprint density at radius 1 is 1.26 bits per heavy atom. The molecule has 5 nitrogen and oxygen atoms in total. The van der Waals surface area contributed by atoms with Gasteiger partial charge in [0, 0.05) is 18.8 Å². The number of nitrogens with zero attached hydrogens (tertiary/aromatic N) is 1. The van der Waals surface area contributed by atoms with Gasteiger partial charge >= 0.3 is 0 Å². The summed E-state index contributed by atoms with van der Waals surface area (Å²) in [7, 11) is 0. The van der Waals surface area contributed by atoms with Gasteiger partial charge in [-0.15, -0.1) is 11.3 Å². The Balaban J connectivity index is 1.61. The predicted octanol–water partition coefficient (Wildman–Crippen LogP) is 3.09. The van der Waals surface area contributed by atoms with Crippen LogP contribution in [0.25, 0.3) is 10.6 Å². The topological polar surface area (TPSA) is 83.8 Å². The molecule has 0 aliphatic carbocycles. The second-order valence-electron chi connectivity index (χ2n) is 5.35. The molecule has 1 aromatic carbocycles. The molecule has 0 saturated carbocycles. The smallest absolute Gasteiger partial charge is 0.261 e. The molecular formula is C17H18N4OS. The number of benzene rings is 1. The lowest BCUT2D eigenvalue weighted by Gasteiger charge is -2.07. The summed E-state index contributed by atoms with van der Waals surface area (Å²) < 4.78 is 0. The molecule has 6 heteroatoms. The van der Waals surface area contributed by atoms with Crippen LogP contribution in [0.1, 0.15) is 33.8 Å². The van der Waals surface area contributed by atoms with E-state index < -0.39 is 0 Å². The zero-order valence-corrected chi connectivity index (χ0v) is 13.6. The third kappa shape index (κ3) is 3.67. The van der Waals surface area contributed by atoms with Gasteiger partial charge in [0.2, 0.25) is 0 Å². The van der Waals surface area contributed by atoms with Crippen molar-refractivity contribution in [1.29, 1.82) is 0 Å². The standard InChI is InChI=1S/C17H18N4OS/c1-11(18)13-4-2-12(3-5-13)10-19-17(22)16-7-6-15(23-16)14-8-9-20-21-14/h2-9,11H,10,18H2,1H3,(H,19,22)(H,20,21). The van der Waals surface area contributed by atoms with Crippen LogP contribution in [0.5, 0.6) is 0 Å². The number of carbonyl (C=O) groups excluding carboxylic acids is 1. The zero-order chi connectivity index (χ0) is 16.2. The molecule has 4 N–H and O–H groups in total. The van der Waals surface area contributed by atoms with Gasteiger partial charge in [-0.2, -0.15) is 5.10 Å². The second-order valence-corrected chi connectivity index (χ2v) is 6.43. The zero-order valence-electron chi connectivity index (χ0n) is 12.7. The summed E-state index contributed by atoms with van der Waals surface area (Å²) in [6.45, 7) is 2.44. The Morgan fingerprint density at radius 2 is 2.04 bits per heavy atom. The summed E-state index contributed by atoms with van der Waals surface area (Å²) in [5.41, 5.74) is 8.88. The summed E-state index contributed by atoms with van der Waals surface area (Å²) in [5.74, 6) is -0.0722. The van der Waals surface area contributed by atoms with Crippen LogP contribution in [-0.4, -0.2) is 16.1 Å². The molecule has 0 radical (unpaired) electrons. The average Bonchev–Trinajstić information content (AvgIpc) is 3.23. The van der Waals surface area contributed by atoms with E-state index in [0.717, 1.165) is 21.7 Å². The van der Waals surface area contributed by atoms with Crippen LogP contribution in [0.2, 0.25) is 0 Å². The third-order valence-corrected chi connectivity index (χ3v) is 4.67. The van der Waals surface area contributed by atoms with Crippen molar-refractivity contribution in [2.45, 2.75) is 19.5 Å². The minimum Gasteiger partial charge on any atom is -0.347 e. The van der Waals surface area contributed by atoms with E-state index >= 15 is 0 Å². The highest BCUT2D eigenvalue weighted by atomic mass is 32.1. The van der Waals surface area contributed by atoms with Gasteiger partial charge in [-0.25, -0.2) is 0 Å². The maximum atomic E-state index is 12.2. The Bertz CT molecular complexity index is 775. The van der Waals surface area contributed by atoms with Crippen molar-refractivity contribution in [3.8, 4) is 10.6 Å². The predicted molar refractivity (Wildman–Crippen MR) is 92.1 cm³/mol. The number of amides is 1. The summed E-state index contributed by atoms with van der Waals surface area (Å²) in [6.07, 6.45) is 1.70. The molecule has 2 heterocycles. The Kier molecular flexibility index (Phi) is 4.55. The normalized spacial score (nSPS) is 12.1. The number of carbonyl (C=O) groups is 1. The van der Waals surface area contributed by atoms with E-state index in [1.54, 1.807) is 6.20 Å². The molecule has 0 fully saturated rings. The van der Waals surface area contributed by atoms with Gasteiger partial charge in [-0.05, 0) is 36.2 Å². The van der Waals surface area contributed by atoms with Crippen molar-refractivity contribution in [2.75, 3.05) is 0 Å². The maximum Gasteiger partial charge on any atom is 0.261 e. The molecule has 1 amide bonds. The fourth-order valence-corrected chi connectivity index (χ4v) is 3.10. The average molecular weight is 326 g/mol. The van der Waals surface area contributed by atoms with Crippen LogP contribution in [0.3, 0.4) is 0 Å². The van der Waals surface area contributed by atoms with Gasteiger partial charge < -0.3 is 11.1 Å². The maximum absolute atomic E-state index is 12.2. The van der Waals surface area contributed by atoms with Crippen LogP contribution >= 0.6 is 11.3 Å². The Hall–Kier alpha value is -2.44. The number of H-pyrrole nitrogens is 1. The largest absolute Gasteiger partial charge is 0.347 e. The lowest BCUT2D eigenvalue weighted by molar-refractivity contribution is 0.0955. The van der Waals surface area contributed by atoms with Gasteiger partial charge in [0.15, 0.2) is 0 Å². The van der Waals surface area contributed by atoms with Crippen LogP contribution in [-0.2, 0) is 6.54 Å². The molecule has 1 unspecified atom stereocenters. The van der Waals surface area contributed by atoms with Gasteiger partial charge in [-0.3, -0.25) is 9.89 Å². The van der Waals surface area contributed by atoms with E-state index in [4.69, 9.17) is 5.73 Å². The summed E-state index contributed by atoms with van der Waals surface area (Å²) in [5, 5.41) is 9.75. The van der Waals surface area contributed by atoms with E-state index in [-0.39, 0.29) is 11.9 Å². The summed E-state index contributed by atoms with van der Waals surface area (Å²) in [6, 6.07) is 13.6. The first-order valence-electron chi connectivity index (χ1n) is 7.35. The molecule has 0 saturated heterocycles. The molecule has 23 heavy (non-hydrogen) atoms. The number of nitrogens with two attached hydrogens (primary N) is 1. The molecule has 0 aliphatic rings. The number of hydrogen-bond donors (Lipinski definition) is 3. The quantitative estimate of drug-likeness (QED) is 0.673. The summed E-state index contributed by atoms with van der Waals surface area (Å²) in [4.78, 5) is 13.9. The van der Waals surface area contributed by atoms with Crippen molar-refractivity contribution < 1.29 is 4.79 Å². The number of aromatic nitrogens is 2. The third-order valence-electron chi connectivity index (χ3n) is 3.55. The SMILES string of the molecule is CC(N)c1ccc(CNC(=O)c2ccc(-c3ccn[nH]3)s2)cc1. The fourth-order valence-electron chi connectivity index (χ4n) is 2.21. The van der Waals surface area contributed by atoms with E-state index in [9.17, 15) is 4.79 Å². The molecule has 118 valence electrons. The fraction of sp³-hybridized carbons (Fsp3) is 0.176. The van der Waals surface area contributed by atoms with Gasteiger partial charge in [0.1, 0.15) is 0 Å². The highest BCUT2D eigenvalue weighted by molar-refractivity contribution is 7.17. The number of aromatic amines is 1. The molecule has 3 aromatic rings. The van der Waals surface area contributed by atoms with Crippen LogP contribution < -0.4 is 11.1 Å².